The van der Waals surface area contributed by atoms with E-state index in [0.29, 0.717) is 6.04 Å². The molecule has 1 rings (SSSR count). The number of aromatic nitrogens is 2. The molecule has 2 N–H and O–H groups in total. The number of rotatable bonds is 5. The first-order valence-corrected chi connectivity index (χ1v) is 6.14. The van der Waals surface area contributed by atoms with Gasteiger partial charge in [0.1, 0.15) is 11.9 Å². The number of hydrogen-bond donors (Lipinski definition) is 2. The Labute approximate surface area is 104 Å². The van der Waals surface area contributed by atoms with E-state index in [1.165, 1.54) is 0 Å². The molecule has 0 saturated heterocycles. The summed E-state index contributed by atoms with van der Waals surface area (Å²) in [5, 5.41) is 3.36. The van der Waals surface area contributed by atoms with Crippen LogP contribution in [0.3, 0.4) is 0 Å². The van der Waals surface area contributed by atoms with Crippen LogP contribution in [0.1, 0.15) is 52.2 Å². The van der Waals surface area contributed by atoms with Gasteiger partial charge in [-0.2, -0.15) is 0 Å². The quantitative estimate of drug-likeness (QED) is 0.830. The van der Waals surface area contributed by atoms with E-state index in [2.05, 4.69) is 49.9 Å². The molecule has 98 valence electrons. The van der Waals surface area contributed by atoms with Gasteiger partial charge in [0.25, 0.3) is 0 Å². The zero-order valence-corrected chi connectivity index (χ0v) is 11.8. The van der Waals surface area contributed by atoms with Crippen LogP contribution in [0.4, 0.5) is 0 Å². The molecule has 1 aromatic heterocycles. The fourth-order valence-corrected chi connectivity index (χ4v) is 1.79. The van der Waals surface area contributed by atoms with Gasteiger partial charge in [0.05, 0.1) is 0 Å². The summed E-state index contributed by atoms with van der Waals surface area (Å²) >= 11 is 0. The Balaban J connectivity index is 2.72. The fourth-order valence-electron chi connectivity index (χ4n) is 1.79. The van der Waals surface area contributed by atoms with E-state index >= 15 is 0 Å². The topological polar surface area (TPSA) is 49.9 Å². The molecule has 0 bridgehead atoms. The average Bonchev–Trinajstić information content (AvgIpc) is 2.62. The van der Waals surface area contributed by atoms with Crippen LogP contribution < -0.4 is 5.32 Å². The highest BCUT2D eigenvalue weighted by molar-refractivity contribution is 5.05. The van der Waals surface area contributed by atoms with E-state index in [1.807, 2.05) is 6.20 Å². The minimum atomic E-state index is -0.00435. The van der Waals surface area contributed by atoms with Gasteiger partial charge < -0.3 is 15.0 Å². The third-order valence-corrected chi connectivity index (χ3v) is 2.62. The second-order valence-corrected chi connectivity index (χ2v) is 5.81. The Bertz CT molecular complexity index is 339. The number of nitrogens with one attached hydrogen (secondary N) is 2. The number of nitrogens with zero attached hydrogens (tertiary/aromatic N) is 1. The number of imidazole rings is 1. The third-order valence-electron chi connectivity index (χ3n) is 2.62. The molecule has 0 aliphatic carbocycles. The maximum absolute atomic E-state index is 5.53. The highest BCUT2D eigenvalue weighted by Crippen LogP contribution is 2.33. The first kappa shape index (κ1) is 14.2. The predicted octanol–water partition coefficient (Wildman–Crippen LogP) is 2.64. The molecule has 0 aromatic carbocycles. The Morgan fingerprint density at radius 1 is 1.41 bits per heavy atom. The predicted molar refractivity (Wildman–Crippen MR) is 69.8 cm³/mol. The number of hydrogen-bond acceptors (Lipinski definition) is 3. The van der Waals surface area contributed by atoms with Gasteiger partial charge in [0.2, 0.25) is 0 Å². The van der Waals surface area contributed by atoms with Crippen LogP contribution >= 0.6 is 0 Å². The van der Waals surface area contributed by atoms with Crippen LogP contribution in [0.5, 0.6) is 0 Å². The summed E-state index contributed by atoms with van der Waals surface area (Å²) in [6.45, 7) is 11.5. The van der Waals surface area contributed by atoms with Crippen molar-refractivity contribution >= 4 is 0 Å². The Morgan fingerprint density at radius 2 is 2.06 bits per heavy atom. The molecule has 1 atom stereocenters. The standard InChI is InChI=1S/C13H25N3O/c1-9(2)14-7-10-8-15-12(16-10)11(17-6)13(3,4)5/h8-9,11,14H,7H2,1-6H3,(H,15,16). The lowest BCUT2D eigenvalue weighted by molar-refractivity contribution is 0.00919. The largest absolute Gasteiger partial charge is 0.373 e. The molecule has 1 unspecified atom stereocenters. The Morgan fingerprint density at radius 3 is 2.53 bits per heavy atom. The average molecular weight is 239 g/mol. The van der Waals surface area contributed by atoms with Crippen LogP contribution in [0.25, 0.3) is 0 Å². The molecule has 0 aliphatic rings. The van der Waals surface area contributed by atoms with Gasteiger partial charge in [0, 0.05) is 31.6 Å². The van der Waals surface area contributed by atoms with E-state index in [0.717, 1.165) is 18.1 Å². The summed E-state index contributed by atoms with van der Waals surface area (Å²) in [4.78, 5) is 7.74. The maximum Gasteiger partial charge on any atom is 0.136 e. The van der Waals surface area contributed by atoms with Crippen molar-refractivity contribution in [3.8, 4) is 0 Å². The van der Waals surface area contributed by atoms with E-state index in [-0.39, 0.29) is 11.5 Å². The molecule has 4 heteroatoms. The summed E-state index contributed by atoms with van der Waals surface area (Å²) in [6, 6.07) is 0.475. The molecular formula is C13H25N3O. The molecule has 0 radical (unpaired) electrons. The number of aromatic amines is 1. The van der Waals surface area contributed by atoms with E-state index in [9.17, 15) is 0 Å². The summed E-state index contributed by atoms with van der Waals surface area (Å²) in [5.41, 5.74) is 1.13. The zero-order chi connectivity index (χ0) is 13.1. The van der Waals surface area contributed by atoms with Crippen molar-refractivity contribution in [2.45, 2.75) is 53.3 Å². The number of methoxy groups -OCH3 is 1. The second kappa shape index (κ2) is 5.65. The molecule has 0 fully saturated rings. The minimum absolute atomic E-state index is 0.00435. The molecule has 0 aliphatic heterocycles. The van der Waals surface area contributed by atoms with Crippen molar-refractivity contribution < 1.29 is 4.74 Å². The lowest BCUT2D eigenvalue weighted by Crippen LogP contribution is -2.23. The smallest absolute Gasteiger partial charge is 0.136 e. The minimum Gasteiger partial charge on any atom is -0.373 e. The first-order valence-electron chi connectivity index (χ1n) is 6.14. The van der Waals surface area contributed by atoms with E-state index < -0.39 is 0 Å². The lowest BCUT2D eigenvalue weighted by atomic mass is 9.88. The fraction of sp³-hybridized carbons (Fsp3) is 0.769. The molecular weight excluding hydrogens is 214 g/mol. The summed E-state index contributed by atoms with van der Waals surface area (Å²) in [7, 11) is 1.73. The van der Waals surface area contributed by atoms with Crippen molar-refractivity contribution in [1.82, 2.24) is 15.3 Å². The normalized spacial score (nSPS) is 14.3. The Hall–Kier alpha value is -0.870. The van der Waals surface area contributed by atoms with Crippen LogP contribution in [0, 0.1) is 5.41 Å². The number of ether oxygens (including phenoxy) is 1. The van der Waals surface area contributed by atoms with Gasteiger partial charge in [0.15, 0.2) is 0 Å². The highest BCUT2D eigenvalue weighted by Gasteiger charge is 2.28. The van der Waals surface area contributed by atoms with E-state index in [1.54, 1.807) is 7.11 Å². The van der Waals surface area contributed by atoms with Crippen molar-refractivity contribution in [2.75, 3.05) is 7.11 Å². The Kier molecular flexibility index (Phi) is 4.71. The van der Waals surface area contributed by atoms with Crippen LogP contribution in [0.15, 0.2) is 6.20 Å². The van der Waals surface area contributed by atoms with Gasteiger partial charge in [-0.25, -0.2) is 4.98 Å². The number of H-pyrrole nitrogens is 1. The van der Waals surface area contributed by atoms with Gasteiger partial charge in [-0.05, 0) is 5.41 Å². The van der Waals surface area contributed by atoms with Crippen molar-refractivity contribution in [1.29, 1.82) is 0 Å². The summed E-state index contributed by atoms with van der Waals surface area (Å²) < 4.78 is 5.53. The summed E-state index contributed by atoms with van der Waals surface area (Å²) in [6.07, 6.45) is 1.87. The zero-order valence-electron chi connectivity index (χ0n) is 11.8. The van der Waals surface area contributed by atoms with Gasteiger partial charge in [-0.3, -0.25) is 0 Å². The molecule has 4 nitrogen and oxygen atoms in total. The highest BCUT2D eigenvalue weighted by atomic mass is 16.5. The monoisotopic (exact) mass is 239 g/mol. The first-order chi connectivity index (χ1) is 7.84. The molecule has 0 spiro atoms. The van der Waals surface area contributed by atoms with Crippen LogP contribution in [-0.4, -0.2) is 23.1 Å². The summed E-state index contributed by atoms with van der Waals surface area (Å²) in [5.74, 6) is 0.903. The van der Waals surface area contributed by atoms with Gasteiger partial charge >= 0.3 is 0 Å². The van der Waals surface area contributed by atoms with Crippen LogP contribution in [0.2, 0.25) is 0 Å². The molecule has 1 aromatic rings. The van der Waals surface area contributed by atoms with Crippen LogP contribution in [-0.2, 0) is 11.3 Å². The molecule has 1 heterocycles. The van der Waals surface area contributed by atoms with Crippen molar-refractivity contribution in [3.63, 3.8) is 0 Å². The van der Waals surface area contributed by atoms with Gasteiger partial charge in [-0.15, -0.1) is 0 Å². The third kappa shape index (κ3) is 4.13. The van der Waals surface area contributed by atoms with Crippen molar-refractivity contribution in [3.05, 3.63) is 17.7 Å². The van der Waals surface area contributed by atoms with Gasteiger partial charge in [-0.1, -0.05) is 34.6 Å². The van der Waals surface area contributed by atoms with E-state index in [4.69, 9.17) is 4.74 Å². The second-order valence-electron chi connectivity index (χ2n) is 5.81. The maximum atomic E-state index is 5.53. The SMILES string of the molecule is COC(c1ncc(CNC(C)C)[nH]1)C(C)(C)C. The molecule has 17 heavy (non-hydrogen) atoms. The van der Waals surface area contributed by atoms with Crippen molar-refractivity contribution in [2.24, 2.45) is 5.41 Å². The molecule has 0 amide bonds. The molecule has 0 saturated carbocycles. The lowest BCUT2D eigenvalue weighted by Gasteiger charge is -2.27.